The molecule has 1 saturated heterocycles. The SMILES string of the molecule is C[C@@H](O)[C@H]1C(=O)N2C(C(=O)O)=C(Oc3cccc(C[n+]4ccccc4)c3)S[C@H]12. The maximum absolute atomic E-state index is 12.3. The van der Waals surface area contributed by atoms with E-state index in [9.17, 15) is 19.8 Å². The van der Waals surface area contributed by atoms with Gasteiger partial charge in [0.05, 0.1) is 12.0 Å². The Morgan fingerprint density at radius 1 is 1.29 bits per heavy atom. The molecule has 2 aliphatic rings. The molecule has 3 heterocycles. The Kier molecular flexibility index (Phi) is 4.82. The number of carbonyl (C=O) groups excluding carboxylic acids is 1. The van der Waals surface area contributed by atoms with Gasteiger partial charge in [-0.2, -0.15) is 0 Å². The molecule has 0 radical (unpaired) electrons. The van der Waals surface area contributed by atoms with Crippen molar-refractivity contribution in [2.75, 3.05) is 0 Å². The van der Waals surface area contributed by atoms with Crippen molar-refractivity contribution in [1.29, 1.82) is 0 Å². The van der Waals surface area contributed by atoms with Crippen molar-refractivity contribution < 1.29 is 29.1 Å². The lowest BCUT2D eigenvalue weighted by atomic mass is 9.92. The summed E-state index contributed by atoms with van der Waals surface area (Å²) in [7, 11) is 0. The number of pyridine rings is 1. The second kappa shape index (κ2) is 7.29. The van der Waals surface area contributed by atoms with Gasteiger partial charge in [-0.3, -0.25) is 9.69 Å². The van der Waals surface area contributed by atoms with Gasteiger partial charge in [0.1, 0.15) is 11.1 Å². The van der Waals surface area contributed by atoms with Crippen LogP contribution in [-0.2, 0) is 16.1 Å². The lowest BCUT2D eigenvalue weighted by molar-refractivity contribution is -0.688. The Morgan fingerprint density at radius 2 is 2.04 bits per heavy atom. The molecule has 7 nitrogen and oxygen atoms in total. The van der Waals surface area contributed by atoms with Crippen LogP contribution < -0.4 is 9.30 Å². The van der Waals surface area contributed by atoms with Gasteiger partial charge in [0.2, 0.25) is 5.91 Å². The summed E-state index contributed by atoms with van der Waals surface area (Å²) in [6, 6.07) is 13.2. The van der Waals surface area contributed by atoms with E-state index < -0.39 is 29.3 Å². The molecule has 28 heavy (non-hydrogen) atoms. The van der Waals surface area contributed by atoms with Crippen LogP contribution in [0.5, 0.6) is 5.75 Å². The average Bonchev–Trinajstić information content (AvgIpc) is 2.97. The number of ether oxygens (including phenoxy) is 1. The summed E-state index contributed by atoms with van der Waals surface area (Å²) in [6.45, 7) is 2.18. The third-order valence-electron chi connectivity index (χ3n) is 4.72. The summed E-state index contributed by atoms with van der Waals surface area (Å²) in [5.74, 6) is -1.74. The highest BCUT2D eigenvalue weighted by Gasteiger charge is 2.58. The van der Waals surface area contributed by atoms with Crippen LogP contribution in [0.25, 0.3) is 0 Å². The standard InChI is InChI=1S/C20H18N2O5S/c1-12(23)15-17(24)22-16(19(25)26)20(28-18(15)22)27-14-7-5-6-13(10-14)11-21-8-3-2-4-9-21/h2-10,12,15,18,23H,11H2,1H3/p+1/t12-,15+,18-/m1/s1. The van der Waals surface area contributed by atoms with Crippen molar-refractivity contribution in [2.45, 2.75) is 24.9 Å². The number of carboxylic acid groups (broad SMARTS) is 1. The number of hydrogen-bond acceptors (Lipinski definition) is 5. The number of aliphatic hydroxyl groups excluding tert-OH is 1. The third-order valence-corrected chi connectivity index (χ3v) is 5.96. The number of β-lactam (4-membered cyclic amide) rings is 1. The van der Waals surface area contributed by atoms with Crippen LogP contribution in [0.1, 0.15) is 12.5 Å². The molecule has 8 heteroatoms. The fraction of sp³-hybridized carbons (Fsp3) is 0.250. The van der Waals surface area contributed by atoms with Crippen LogP contribution in [-0.4, -0.2) is 38.5 Å². The Balaban J connectivity index is 1.56. The van der Waals surface area contributed by atoms with Crippen LogP contribution in [0.3, 0.4) is 0 Å². The molecule has 0 aliphatic carbocycles. The summed E-state index contributed by atoms with van der Waals surface area (Å²) in [5.41, 5.74) is 0.829. The number of carbonyl (C=O) groups is 2. The normalized spacial score (nSPS) is 21.9. The second-order valence-corrected chi connectivity index (χ2v) is 7.81. The molecular formula is C20H19N2O5S+. The molecule has 2 aromatic rings. The minimum absolute atomic E-state index is 0.165. The maximum atomic E-state index is 12.3. The van der Waals surface area contributed by atoms with E-state index in [2.05, 4.69) is 0 Å². The number of rotatable bonds is 6. The van der Waals surface area contributed by atoms with Gasteiger partial charge in [-0.05, 0) is 19.1 Å². The second-order valence-electron chi connectivity index (χ2n) is 6.72. The molecule has 144 valence electrons. The van der Waals surface area contributed by atoms with E-state index in [4.69, 9.17) is 4.74 Å². The van der Waals surface area contributed by atoms with E-state index in [1.165, 1.54) is 11.8 Å². The number of aliphatic carboxylic acids is 1. The Morgan fingerprint density at radius 3 is 2.71 bits per heavy atom. The molecule has 4 rings (SSSR count). The monoisotopic (exact) mass is 399 g/mol. The first-order valence-corrected chi connectivity index (χ1v) is 9.70. The molecular weight excluding hydrogens is 380 g/mol. The van der Waals surface area contributed by atoms with E-state index in [1.54, 1.807) is 6.07 Å². The first kappa shape index (κ1) is 18.5. The van der Waals surface area contributed by atoms with Crippen LogP contribution in [0.15, 0.2) is 65.6 Å². The Hall–Kier alpha value is -2.84. The largest absolute Gasteiger partial charge is 0.476 e. The summed E-state index contributed by atoms with van der Waals surface area (Å²) >= 11 is 1.16. The molecule has 1 aromatic carbocycles. The zero-order valence-electron chi connectivity index (χ0n) is 15.1. The van der Waals surface area contributed by atoms with Crippen LogP contribution in [0.2, 0.25) is 0 Å². The van der Waals surface area contributed by atoms with Crippen molar-refractivity contribution in [3.63, 3.8) is 0 Å². The van der Waals surface area contributed by atoms with Crippen molar-refractivity contribution in [3.8, 4) is 5.75 Å². The number of amides is 1. The summed E-state index contributed by atoms with van der Waals surface area (Å²) in [6.07, 6.45) is 3.07. The minimum atomic E-state index is -1.22. The third kappa shape index (κ3) is 3.25. The fourth-order valence-electron chi connectivity index (χ4n) is 3.39. The van der Waals surface area contributed by atoms with E-state index in [-0.39, 0.29) is 10.8 Å². The number of benzene rings is 1. The van der Waals surface area contributed by atoms with Crippen molar-refractivity contribution in [3.05, 3.63) is 71.2 Å². The molecule has 1 aromatic heterocycles. The number of thioether (sulfide) groups is 1. The molecule has 0 bridgehead atoms. The number of nitrogens with zero attached hydrogens (tertiary/aromatic N) is 2. The van der Waals surface area contributed by atoms with Gasteiger partial charge in [0.25, 0.3) is 0 Å². The van der Waals surface area contributed by atoms with Crippen LogP contribution >= 0.6 is 11.8 Å². The van der Waals surface area contributed by atoms with E-state index in [0.717, 1.165) is 17.3 Å². The molecule has 2 aliphatic heterocycles. The van der Waals surface area contributed by atoms with Gasteiger partial charge in [-0.25, -0.2) is 9.36 Å². The van der Waals surface area contributed by atoms with Crippen molar-refractivity contribution in [1.82, 2.24) is 4.90 Å². The fourth-order valence-corrected chi connectivity index (χ4v) is 4.85. The highest BCUT2D eigenvalue weighted by molar-refractivity contribution is 8.03. The topological polar surface area (TPSA) is 91.0 Å². The van der Waals surface area contributed by atoms with Gasteiger partial charge >= 0.3 is 5.97 Å². The number of aromatic nitrogens is 1. The quantitative estimate of drug-likeness (QED) is 0.566. The summed E-state index contributed by atoms with van der Waals surface area (Å²) < 4.78 is 7.88. The minimum Gasteiger partial charge on any atom is -0.476 e. The van der Waals surface area contributed by atoms with Gasteiger partial charge < -0.3 is 14.9 Å². The first-order chi connectivity index (χ1) is 13.5. The van der Waals surface area contributed by atoms with E-state index >= 15 is 0 Å². The molecule has 3 atom stereocenters. The smallest absolute Gasteiger partial charge is 0.357 e. The average molecular weight is 399 g/mol. The van der Waals surface area contributed by atoms with E-state index in [1.807, 2.05) is 53.4 Å². The number of carboxylic acids is 1. The molecule has 2 N–H and O–H groups in total. The molecule has 1 fully saturated rings. The predicted molar refractivity (Wildman–Crippen MR) is 101 cm³/mol. The Labute approximate surface area is 165 Å². The van der Waals surface area contributed by atoms with Gasteiger partial charge in [0.15, 0.2) is 29.7 Å². The zero-order chi connectivity index (χ0) is 19.8. The predicted octanol–water partition coefficient (Wildman–Crippen LogP) is 1.57. The van der Waals surface area contributed by atoms with Crippen molar-refractivity contribution in [2.24, 2.45) is 5.92 Å². The molecule has 0 saturated carbocycles. The molecule has 0 unspecified atom stereocenters. The lowest BCUT2D eigenvalue weighted by Crippen LogP contribution is -2.60. The molecule has 0 spiro atoms. The van der Waals surface area contributed by atoms with Crippen LogP contribution in [0, 0.1) is 5.92 Å². The summed E-state index contributed by atoms with van der Waals surface area (Å²) in [5, 5.41) is 19.1. The first-order valence-electron chi connectivity index (χ1n) is 8.82. The lowest BCUT2D eigenvalue weighted by Gasteiger charge is -2.43. The van der Waals surface area contributed by atoms with Crippen LogP contribution in [0.4, 0.5) is 0 Å². The highest BCUT2D eigenvalue weighted by atomic mass is 32.2. The molecule has 1 amide bonds. The van der Waals surface area contributed by atoms with E-state index in [0.29, 0.717) is 12.3 Å². The van der Waals surface area contributed by atoms with Crippen molar-refractivity contribution >= 4 is 23.6 Å². The number of fused-ring (bicyclic) bond motifs is 1. The van der Waals surface area contributed by atoms with Gasteiger partial charge in [-0.1, -0.05) is 30.0 Å². The highest BCUT2D eigenvalue weighted by Crippen LogP contribution is 2.50. The number of hydrogen-bond donors (Lipinski definition) is 2. The maximum Gasteiger partial charge on any atom is 0.357 e. The zero-order valence-corrected chi connectivity index (χ0v) is 15.9. The summed E-state index contributed by atoms with van der Waals surface area (Å²) in [4.78, 5) is 25.2. The van der Waals surface area contributed by atoms with Gasteiger partial charge in [-0.15, -0.1) is 0 Å². The van der Waals surface area contributed by atoms with Gasteiger partial charge in [0, 0.05) is 17.7 Å². The Bertz CT molecular complexity index is 960. The number of aliphatic hydroxyl groups is 1.